The first-order valence-electron chi connectivity index (χ1n) is 4.13. The average molecular weight is 192 g/mol. The van der Waals surface area contributed by atoms with Crippen LogP contribution in [0, 0.1) is 0 Å². The zero-order chi connectivity index (χ0) is 10.1. The molecule has 0 spiro atoms. The molecule has 0 aliphatic rings. The van der Waals surface area contributed by atoms with Gasteiger partial charge in [0.2, 0.25) is 0 Å². The van der Waals surface area contributed by atoms with Crippen molar-refractivity contribution in [1.29, 1.82) is 0 Å². The first-order valence-corrected chi connectivity index (χ1v) is 4.13. The highest BCUT2D eigenvalue weighted by Crippen LogP contribution is 1.90. The summed E-state index contributed by atoms with van der Waals surface area (Å²) >= 11 is 0. The summed E-state index contributed by atoms with van der Waals surface area (Å²) in [4.78, 5) is 10.8. The Morgan fingerprint density at radius 3 is 2.69 bits per heavy atom. The zero-order valence-corrected chi connectivity index (χ0v) is 7.99. The van der Waals surface area contributed by atoms with Gasteiger partial charge in [0.25, 0.3) is 0 Å². The molecule has 1 atom stereocenters. The van der Waals surface area contributed by atoms with Crippen LogP contribution in [0.1, 0.15) is 6.92 Å². The van der Waals surface area contributed by atoms with Crippen LogP contribution >= 0.6 is 0 Å². The Morgan fingerprint density at radius 2 is 2.15 bits per heavy atom. The highest BCUT2D eigenvalue weighted by Gasteiger charge is 2.15. The number of aliphatic hydroxyl groups is 1. The van der Waals surface area contributed by atoms with Crippen LogP contribution in [-0.4, -0.2) is 50.7 Å². The Labute approximate surface area is 77.6 Å². The van der Waals surface area contributed by atoms with E-state index >= 15 is 0 Å². The molecule has 0 rings (SSSR count). The van der Waals surface area contributed by atoms with Crippen LogP contribution in [0.2, 0.25) is 0 Å². The summed E-state index contributed by atoms with van der Waals surface area (Å²) in [6, 6.07) is 0. The first kappa shape index (κ1) is 12.3. The highest BCUT2D eigenvalue weighted by atomic mass is 16.6. The minimum Gasteiger partial charge on any atom is -0.464 e. The second-order valence-electron chi connectivity index (χ2n) is 2.34. The number of hydrogen-bond acceptors (Lipinski definition) is 5. The van der Waals surface area contributed by atoms with Gasteiger partial charge in [-0.2, -0.15) is 0 Å². The van der Waals surface area contributed by atoms with Crippen molar-refractivity contribution >= 4 is 5.97 Å². The van der Waals surface area contributed by atoms with Crippen LogP contribution in [0.25, 0.3) is 0 Å². The lowest BCUT2D eigenvalue weighted by Gasteiger charge is -2.09. The van der Waals surface area contributed by atoms with Crippen molar-refractivity contribution < 1.29 is 24.1 Å². The van der Waals surface area contributed by atoms with Crippen LogP contribution in [-0.2, 0) is 19.0 Å². The molecule has 0 aliphatic heterocycles. The molecule has 0 radical (unpaired) electrons. The zero-order valence-electron chi connectivity index (χ0n) is 7.99. The predicted molar refractivity (Wildman–Crippen MR) is 45.3 cm³/mol. The van der Waals surface area contributed by atoms with E-state index in [0.717, 1.165) is 0 Å². The molecule has 0 bridgehead atoms. The number of hydrogen-bond donors (Lipinski definition) is 1. The molecule has 0 aliphatic carbocycles. The van der Waals surface area contributed by atoms with Gasteiger partial charge >= 0.3 is 5.97 Å². The van der Waals surface area contributed by atoms with E-state index in [9.17, 15) is 4.79 Å². The van der Waals surface area contributed by atoms with Gasteiger partial charge < -0.3 is 19.3 Å². The molecule has 0 amide bonds. The lowest BCUT2D eigenvalue weighted by molar-refractivity contribution is -0.156. The molecule has 78 valence electrons. The summed E-state index contributed by atoms with van der Waals surface area (Å²) < 4.78 is 14.2. The Kier molecular flexibility index (Phi) is 7.57. The molecule has 0 saturated heterocycles. The van der Waals surface area contributed by atoms with Crippen molar-refractivity contribution in [3.63, 3.8) is 0 Å². The topological polar surface area (TPSA) is 65.0 Å². The largest absolute Gasteiger partial charge is 0.464 e. The SMILES string of the molecule is CCOC(=O)C(O)COCCOC. The number of rotatable bonds is 7. The fraction of sp³-hybridized carbons (Fsp3) is 0.875. The lowest BCUT2D eigenvalue weighted by atomic mass is 10.4. The van der Waals surface area contributed by atoms with E-state index in [2.05, 4.69) is 4.74 Å². The predicted octanol–water partition coefficient (Wildman–Crippen LogP) is -0.427. The van der Waals surface area contributed by atoms with Gasteiger partial charge in [-0.05, 0) is 6.92 Å². The number of aliphatic hydroxyl groups excluding tert-OH is 1. The molecule has 0 saturated carbocycles. The van der Waals surface area contributed by atoms with E-state index in [0.29, 0.717) is 13.2 Å². The summed E-state index contributed by atoms with van der Waals surface area (Å²) in [6.07, 6.45) is -1.20. The van der Waals surface area contributed by atoms with Gasteiger partial charge in [-0.15, -0.1) is 0 Å². The first-order chi connectivity index (χ1) is 6.22. The minimum atomic E-state index is -1.20. The maximum absolute atomic E-state index is 10.8. The maximum Gasteiger partial charge on any atom is 0.337 e. The van der Waals surface area contributed by atoms with Crippen molar-refractivity contribution in [2.75, 3.05) is 33.5 Å². The van der Waals surface area contributed by atoms with E-state index in [1.807, 2.05) is 0 Å². The van der Waals surface area contributed by atoms with Crippen molar-refractivity contribution in [1.82, 2.24) is 0 Å². The van der Waals surface area contributed by atoms with Crippen LogP contribution in [0.4, 0.5) is 0 Å². The van der Waals surface area contributed by atoms with Gasteiger partial charge in [0.1, 0.15) is 0 Å². The summed E-state index contributed by atoms with van der Waals surface area (Å²) in [5, 5.41) is 9.11. The molecule has 1 N–H and O–H groups in total. The number of carbonyl (C=O) groups is 1. The standard InChI is InChI=1S/C8H16O5/c1-3-13-8(10)7(9)6-12-5-4-11-2/h7,9H,3-6H2,1-2H3. The van der Waals surface area contributed by atoms with Gasteiger partial charge in [0.15, 0.2) is 6.10 Å². The number of methoxy groups -OCH3 is 1. The molecule has 5 nitrogen and oxygen atoms in total. The van der Waals surface area contributed by atoms with E-state index in [4.69, 9.17) is 14.6 Å². The van der Waals surface area contributed by atoms with Gasteiger partial charge in [0, 0.05) is 7.11 Å². The molecule has 5 heteroatoms. The van der Waals surface area contributed by atoms with Crippen LogP contribution < -0.4 is 0 Å². The summed E-state index contributed by atoms with van der Waals surface area (Å²) in [5.41, 5.74) is 0. The van der Waals surface area contributed by atoms with Crippen molar-refractivity contribution in [2.24, 2.45) is 0 Å². The van der Waals surface area contributed by atoms with Crippen LogP contribution in [0.5, 0.6) is 0 Å². The van der Waals surface area contributed by atoms with E-state index in [-0.39, 0.29) is 13.2 Å². The summed E-state index contributed by atoms with van der Waals surface area (Å²) in [7, 11) is 1.55. The van der Waals surface area contributed by atoms with Gasteiger partial charge in [-0.1, -0.05) is 0 Å². The lowest BCUT2D eigenvalue weighted by Crippen LogP contribution is -2.28. The second kappa shape index (κ2) is 7.97. The quantitative estimate of drug-likeness (QED) is 0.438. The third-order valence-electron chi connectivity index (χ3n) is 1.27. The fourth-order valence-corrected chi connectivity index (χ4v) is 0.644. The number of esters is 1. The summed E-state index contributed by atoms with van der Waals surface area (Å²) in [5.74, 6) is -0.653. The second-order valence-corrected chi connectivity index (χ2v) is 2.34. The van der Waals surface area contributed by atoms with Crippen molar-refractivity contribution in [2.45, 2.75) is 13.0 Å². The molecular weight excluding hydrogens is 176 g/mol. The molecular formula is C8H16O5. The smallest absolute Gasteiger partial charge is 0.337 e. The Balaban J connectivity index is 3.38. The Bertz CT molecular complexity index is 136. The monoisotopic (exact) mass is 192 g/mol. The molecule has 0 aromatic heterocycles. The minimum absolute atomic E-state index is 0.0534. The van der Waals surface area contributed by atoms with E-state index < -0.39 is 12.1 Å². The maximum atomic E-state index is 10.8. The number of carbonyl (C=O) groups excluding carboxylic acids is 1. The molecule has 0 aromatic carbocycles. The van der Waals surface area contributed by atoms with Crippen molar-refractivity contribution in [3.05, 3.63) is 0 Å². The molecule has 0 heterocycles. The molecule has 0 aromatic rings. The summed E-state index contributed by atoms with van der Waals surface area (Å²) in [6.45, 7) is 2.68. The average Bonchev–Trinajstić information content (AvgIpc) is 2.12. The van der Waals surface area contributed by atoms with Crippen LogP contribution in [0.3, 0.4) is 0 Å². The van der Waals surface area contributed by atoms with Gasteiger partial charge in [-0.25, -0.2) is 4.79 Å². The third kappa shape index (κ3) is 6.51. The van der Waals surface area contributed by atoms with Gasteiger partial charge in [-0.3, -0.25) is 0 Å². The van der Waals surface area contributed by atoms with E-state index in [1.54, 1.807) is 14.0 Å². The van der Waals surface area contributed by atoms with Crippen LogP contribution in [0.15, 0.2) is 0 Å². The van der Waals surface area contributed by atoms with Gasteiger partial charge in [0.05, 0.1) is 26.4 Å². The Hall–Kier alpha value is -0.650. The molecule has 0 fully saturated rings. The van der Waals surface area contributed by atoms with Crippen molar-refractivity contribution in [3.8, 4) is 0 Å². The van der Waals surface area contributed by atoms with E-state index in [1.165, 1.54) is 0 Å². The Morgan fingerprint density at radius 1 is 1.46 bits per heavy atom. The molecule has 13 heavy (non-hydrogen) atoms. The molecule has 1 unspecified atom stereocenters. The fourth-order valence-electron chi connectivity index (χ4n) is 0.644. The normalized spacial score (nSPS) is 12.5. The number of ether oxygens (including phenoxy) is 3. The highest BCUT2D eigenvalue weighted by molar-refractivity contribution is 5.74. The third-order valence-corrected chi connectivity index (χ3v) is 1.27.